The largest absolute Gasteiger partial charge is 0.341 e. The van der Waals surface area contributed by atoms with Crippen molar-refractivity contribution in [2.45, 2.75) is 12.8 Å². The van der Waals surface area contributed by atoms with E-state index in [0.717, 1.165) is 16.9 Å². The Hall–Kier alpha value is -1.82. The highest BCUT2D eigenvalue weighted by atomic mass is 14.9. The lowest BCUT2D eigenvalue weighted by atomic mass is 10.2. The summed E-state index contributed by atoms with van der Waals surface area (Å²) in [5, 5.41) is 8.70. The molecule has 0 amide bonds. The Kier molecular flexibility index (Phi) is 1.75. The lowest BCUT2D eigenvalue weighted by molar-refractivity contribution is 0.891. The zero-order valence-corrected chi connectivity index (χ0v) is 7.28. The number of hydrogen-bond acceptors (Lipinski definition) is 2. The van der Waals surface area contributed by atoms with Gasteiger partial charge < -0.3 is 4.98 Å². The maximum absolute atomic E-state index is 8.70. The Bertz CT molecular complexity index is 431. The predicted octanol–water partition coefficient (Wildman–Crippen LogP) is 2.19. The van der Waals surface area contributed by atoms with E-state index in [9.17, 15) is 0 Å². The number of imidazole rings is 1. The topological polar surface area (TPSA) is 52.5 Å². The first-order valence-electron chi connectivity index (χ1n) is 4.15. The molecule has 1 heterocycles. The monoisotopic (exact) mass is 171 g/mol. The highest BCUT2D eigenvalue weighted by molar-refractivity contribution is 5.74. The average Bonchev–Trinajstić information content (AvgIpc) is 2.59. The van der Waals surface area contributed by atoms with Crippen LogP contribution in [0.4, 0.5) is 0 Å². The molecule has 3 heteroatoms. The zero-order valence-electron chi connectivity index (χ0n) is 7.28. The molecule has 0 bridgehead atoms. The second-order valence-corrected chi connectivity index (χ2v) is 2.99. The van der Waals surface area contributed by atoms with E-state index in [-0.39, 0.29) is 5.92 Å². The molecule has 13 heavy (non-hydrogen) atoms. The fraction of sp³-hybridized carbons (Fsp3) is 0.200. The van der Waals surface area contributed by atoms with Gasteiger partial charge in [0.05, 0.1) is 17.1 Å². The van der Waals surface area contributed by atoms with Gasteiger partial charge in [0, 0.05) is 0 Å². The molecule has 64 valence electrons. The maximum atomic E-state index is 8.70. The average molecular weight is 171 g/mol. The Morgan fingerprint density at radius 2 is 2.23 bits per heavy atom. The van der Waals surface area contributed by atoms with E-state index in [2.05, 4.69) is 16.0 Å². The highest BCUT2D eigenvalue weighted by Crippen LogP contribution is 2.15. The minimum absolute atomic E-state index is 0.174. The van der Waals surface area contributed by atoms with Crippen molar-refractivity contribution in [1.29, 1.82) is 5.26 Å². The fourth-order valence-electron chi connectivity index (χ4n) is 1.24. The molecule has 0 fully saturated rings. The smallest absolute Gasteiger partial charge is 0.124 e. The summed E-state index contributed by atoms with van der Waals surface area (Å²) < 4.78 is 0. The van der Waals surface area contributed by atoms with E-state index in [1.807, 2.05) is 31.2 Å². The molecule has 0 spiro atoms. The minimum Gasteiger partial charge on any atom is -0.341 e. The molecular weight excluding hydrogens is 162 g/mol. The number of aromatic nitrogens is 2. The quantitative estimate of drug-likeness (QED) is 0.715. The lowest BCUT2D eigenvalue weighted by Gasteiger charge is -1.92. The summed E-state index contributed by atoms with van der Waals surface area (Å²) in [4.78, 5) is 7.42. The summed E-state index contributed by atoms with van der Waals surface area (Å²) in [6, 6.07) is 9.91. The third kappa shape index (κ3) is 1.27. The Morgan fingerprint density at radius 3 is 2.92 bits per heavy atom. The molecule has 0 saturated carbocycles. The first kappa shape index (κ1) is 7.81. The molecule has 0 aliphatic heterocycles. The fourth-order valence-corrected chi connectivity index (χ4v) is 1.24. The first-order chi connectivity index (χ1) is 6.31. The van der Waals surface area contributed by atoms with Gasteiger partial charge in [0.15, 0.2) is 0 Å². The molecule has 1 N–H and O–H groups in total. The van der Waals surface area contributed by atoms with Crippen LogP contribution in [0.1, 0.15) is 18.7 Å². The summed E-state index contributed by atoms with van der Waals surface area (Å²) in [5.41, 5.74) is 1.90. The van der Waals surface area contributed by atoms with Crippen molar-refractivity contribution in [2.75, 3.05) is 0 Å². The van der Waals surface area contributed by atoms with Crippen LogP contribution in [0.5, 0.6) is 0 Å². The van der Waals surface area contributed by atoms with Crippen molar-refractivity contribution in [3.63, 3.8) is 0 Å². The van der Waals surface area contributed by atoms with E-state index in [0.29, 0.717) is 0 Å². The molecule has 0 aliphatic rings. The van der Waals surface area contributed by atoms with Gasteiger partial charge in [0.2, 0.25) is 0 Å². The normalized spacial score (nSPS) is 12.6. The van der Waals surface area contributed by atoms with Crippen LogP contribution >= 0.6 is 0 Å². The number of fused-ring (bicyclic) bond motifs is 1. The van der Waals surface area contributed by atoms with Crippen LogP contribution in [-0.4, -0.2) is 9.97 Å². The number of nitriles is 1. The van der Waals surface area contributed by atoms with Crippen LogP contribution in [-0.2, 0) is 0 Å². The molecule has 1 unspecified atom stereocenters. The number of aromatic amines is 1. The third-order valence-corrected chi connectivity index (χ3v) is 2.01. The van der Waals surface area contributed by atoms with Crippen LogP contribution in [0.15, 0.2) is 24.3 Å². The van der Waals surface area contributed by atoms with E-state index in [1.54, 1.807) is 0 Å². The Morgan fingerprint density at radius 1 is 1.46 bits per heavy atom. The van der Waals surface area contributed by atoms with E-state index in [4.69, 9.17) is 5.26 Å². The number of benzene rings is 1. The number of nitrogens with zero attached hydrogens (tertiary/aromatic N) is 2. The number of rotatable bonds is 1. The summed E-state index contributed by atoms with van der Waals surface area (Å²) >= 11 is 0. The van der Waals surface area contributed by atoms with Gasteiger partial charge in [0.1, 0.15) is 11.7 Å². The molecular formula is C10H9N3. The zero-order chi connectivity index (χ0) is 9.26. The summed E-state index contributed by atoms with van der Waals surface area (Å²) in [5.74, 6) is 0.566. The van der Waals surface area contributed by atoms with Crippen LogP contribution in [0.3, 0.4) is 0 Å². The molecule has 1 atom stereocenters. The Balaban J connectivity index is 2.57. The van der Waals surface area contributed by atoms with Gasteiger partial charge in [0.25, 0.3) is 0 Å². The van der Waals surface area contributed by atoms with Crippen LogP contribution in [0, 0.1) is 11.3 Å². The van der Waals surface area contributed by atoms with Gasteiger partial charge in [-0.2, -0.15) is 5.26 Å². The number of para-hydroxylation sites is 2. The van der Waals surface area contributed by atoms with Crippen molar-refractivity contribution < 1.29 is 0 Å². The van der Waals surface area contributed by atoms with E-state index < -0.39 is 0 Å². The third-order valence-electron chi connectivity index (χ3n) is 2.01. The molecule has 1 aromatic carbocycles. The summed E-state index contributed by atoms with van der Waals surface area (Å²) in [7, 11) is 0. The SMILES string of the molecule is CC(C#N)c1nc2ccccc2[nH]1. The lowest BCUT2D eigenvalue weighted by Crippen LogP contribution is -1.91. The number of H-pyrrole nitrogens is 1. The van der Waals surface area contributed by atoms with Gasteiger partial charge in [-0.05, 0) is 19.1 Å². The summed E-state index contributed by atoms with van der Waals surface area (Å²) in [6.45, 7) is 1.83. The molecule has 0 radical (unpaired) electrons. The molecule has 0 saturated heterocycles. The second kappa shape index (κ2) is 2.91. The van der Waals surface area contributed by atoms with Gasteiger partial charge in [-0.3, -0.25) is 0 Å². The van der Waals surface area contributed by atoms with Crippen molar-refractivity contribution in [1.82, 2.24) is 9.97 Å². The highest BCUT2D eigenvalue weighted by Gasteiger charge is 2.08. The van der Waals surface area contributed by atoms with Crippen molar-refractivity contribution in [3.05, 3.63) is 30.1 Å². The maximum Gasteiger partial charge on any atom is 0.124 e. The molecule has 3 nitrogen and oxygen atoms in total. The van der Waals surface area contributed by atoms with E-state index in [1.165, 1.54) is 0 Å². The van der Waals surface area contributed by atoms with Crippen molar-refractivity contribution in [2.24, 2.45) is 0 Å². The minimum atomic E-state index is -0.174. The van der Waals surface area contributed by atoms with Crippen molar-refractivity contribution in [3.8, 4) is 6.07 Å². The predicted molar refractivity (Wildman–Crippen MR) is 50.1 cm³/mol. The van der Waals surface area contributed by atoms with Gasteiger partial charge in [-0.1, -0.05) is 12.1 Å². The molecule has 1 aromatic heterocycles. The molecule has 2 aromatic rings. The first-order valence-corrected chi connectivity index (χ1v) is 4.15. The molecule has 0 aliphatic carbocycles. The number of hydrogen-bond donors (Lipinski definition) is 1. The van der Waals surface area contributed by atoms with Gasteiger partial charge in [-0.25, -0.2) is 4.98 Å². The van der Waals surface area contributed by atoms with Crippen LogP contribution < -0.4 is 0 Å². The van der Waals surface area contributed by atoms with Crippen molar-refractivity contribution >= 4 is 11.0 Å². The standard InChI is InChI=1S/C10H9N3/c1-7(6-11)10-12-8-4-2-3-5-9(8)13-10/h2-5,7H,1H3,(H,12,13). The summed E-state index contributed by atoms with van der Waals surface area (Å²) in [6.07, 6.45) is 0. The number of nitrogens with one attached hydrogen (secondary N) is 1. The van der Waals surface area contributed by atoms with Crippen LogP contribution in [0.25, 0.3) is 11.0 Å². The van der Waals surface area contributed by atoms with Gasteiger partial charge in [-0.15, -0.1) is 0 Å². The molecule has 2 rings (SSSR count). The van der Waals surface area contributed by atoms with Crippen LogP contribution in [0.2, 0.25) is 0 Å². The van der Waals surface area contributed by atoms with Gasteiger partial charge >= 0.3 is 0 Å². The Labute approximate surface area is 76.0 Å². The van der Waals surface area contributed by atoms with E-state index >= 15 is 0 Å². The second-order valence-electron chi connectivity index (χ2n) is 2.99.